The number of hydrogen-bond donors (Lipinski definition) is 2. The highest BCUT2D eigenvalue weighted by molar-refractivity contribution is 5.97. The molecule has 2 N–H and O–H groups in total. The van der Waals surface area contributed by atoms with Crippen LogP contribution in [0.5, 0.6) is 17.2 Å². The van der Waals surface area contributed by atoms with E-state index in [1.165, 1.54) is 12.8 Å². The van der Waals surface area contributed by atoms with E-state index in [0.717, 1.165) is 42.9 Å². The molecular weight excluding hydrogens is 458 g/mol. The van der Waals surface area contributed by atoms with Crippen LogP contribution in [0.25, 0.3) is 0 Å². The summed E-state index contributed by atoms with van der Waals surface area (Å²) in [4.78, 5) is 28.3. The molecule has 0 aromatic heterocycles. The lowest BCUT2D eigenvalue weighted by Crippen LogP contribution is -2.43. The third-order valence-electron chi connectivity index (χ3n) is 6.49. The van der Waals surface area contributed by atoms with Gasteiger partial charge in [-0.3, -0.25) is 9.59 Å². The van der Waals surface area contributed by atoms with E-state index in [1.807, 2.05) is 24.3 Å². The molecule has 0 aliphatic carbocycles. The SMILES string of the molecule is CCCCC(NC(=O)CCc1ccc(OC)c(OC)c1OC)C(=O)Nc1cccc(N2CCCC2)c1. The zero-order chi connectivity index (χ0) is 25.9. The van der Waals surface area contributed by atoms with Crippen LogP contribution in [0.1, 0.15) is 51.0 Å². The minimum Gasteiger partial charge on any atom is -0.493 e. The lowest BCUT2D eigenvalue weighted by molar-refractivity contribution is -0.126. The monoisotopic (exact) mass is 497 g/mol. The lowest BCUT2D eigenvalue weighted by Gasteiger charge is -2.21. The van der Waals surface area contributed by atoms with E-state index >= 15 is 0 Å². The van der Waals surface area contributed by atoms with Crippen LogP contribution in [0.3, 0.4) is 0 Å². The Morgan fingerprint density at radius 1 is 1.00 bits per heavy atom. The van der Waals surface area contributed by atoms with Crippen LogP contribution >= 0.6 is 0 Å². The fraction of sp³-hybridized carbons (Fsp3) is 0.500. The first-order valence-corrected chi connectivity index (χ1v) is 12.7. The minimum atomic E-state index is -0.597. The normalized spacial score (nSPS) is 13.7. The number of rotatable bonds is 13. The van der Waals surface area contributed by atoms with E-state index in [4.69, 9.17) is 14.2 Å². The van der Waals surface area contributed by atoms with Gasteiger partial charge in [0.1, 0.15) is 6.04 Å². The summed E-state index contributed by atoms with van der Waals surface area (Å²) in [6.07, 6.45) is 5.40. The molecule has 0 saturated carbocycles. The maximum absolute atomic E-state index is 13.1. The van der Waals surface area contributed by atoms with Gasteiger partial charge in [-0.15, -0.1) is 0 Å². The Balaban J connectivity index is 1.63. The van der Waals surface area contributed by atoms with Crippen molar-refractivity contribution in [2.24, 2.45) is 0 Å². The molecule has 0 bridgehead atoms. The fourth-order valence-corrected chi connectivity index (χ4v) is 4.54. The van der Waals surface area contributed by atoms with Gasteiger partial charge in [0.2, 0.25) is 17.6 Å². The Labute approximate surface area is 214 Å². The van der Waals surface area contributed by atoms with Crippen LogP contribution < -0.4 is 29.7 Å². The smallest absolute Gasteiger partial charge is 0.246 e. The van der Waals surface area contributed by atoms with E-state index in [0.29, 0.717) is 30.1 Å². The van der Waals surface area contributed by atoms with Crippen molar-refractivity contribution in [2.75, 3.05) is 44.6 Å². The van der Waals surface area contributed by atoms with Gasteiger partial charge >= 0.3 is 0 Å². The average Bonchev–Trinajstić information content (AvgIpc) is 3.44. The van der Waals surface area contributed by atoms with Crippen molar-refractivity contribution in [2.45, 2.75) is 57.9 Å². The Kier molecular flexibility index (Phi) is 10.3. The number of hydrogen-bond acceptors (Lipinski definition) is 6. The molecule has 1 aliphatic heterocycles. The number of aryl methyl sites for hydroxylation is 1. The van der Waals surface area contributed by atoms with Crippen molar-refractivity contribution in [3.05, 3.63) is 42.0 Å². The number of carbonyl (C=O) groups is 2. The summed E-state index contributed by atoms with van der Waals surface area (Å²) in [7, 11) is 4.67. The van der Waals surface area contributed by atoms with Crippen LogP contribution in [0.2, 0.25) is 0 Å². The first-order chi connectivity index (χ1) is 17.5. The number of amides is 2. The van der Waals surface area contributed by atoms with Crippen LogP contribution in [0.15, 0.2) is 36.4 Å². The Morgan fingerprint density at radius 2 is 1.75 bits per heavy atom. The minimum absolute atomic E-state index is 0.186. The number of nitrogens with one attached hydrogen (secondary N) is 2. The van der Waals surface area contributed by atoms with Gasteiger partial charge in [0.25, 0.3) is 0 Å². The van der Waals surface area contributed by atoms with E-state index in [-0.39, 0.29) is 18.2 Å². The van der Waals surface area contributed by atoms with Gasteiger partial charge in [0, 0.05) is 30.9 Å². The molecule has 2 amide bonds. The van der Waals surface area contributed by atoms with Crippen LogP contribution in [-0.2, 0) is 16.0 Å². The van der Waals surface area contributed by atoms with Gasteiger partial charge in [0.15, 0.2) is 11.5 Å². The van der Waals surface area contributed by atoms with Gasteiger partial charge in [-0.1, -0.05) is 31.9 Å². The third kappa shape index (κ3) is 7.06. The molecule has 1 fully saturated rings. The molecule has 1 saturated heterocycles. The third-order valence-corrected chi connectivity index (χ3v) is 6.49. The molecule has 1 heterocycles. The lowest BCUT2D eigenvalue weighted by atomic mass is 10.1. The largest absolute Gasteiger partial charge is 0.493 e. The second-order valence-electron chi connectivity index (χ2n) is 8.99. The van der Waals surface area contributed by atoms with E-state index in [2.05, 4.69) is 28.5 Å². The summed E-state index contributed by atoms with van der Waals surface area (Å²) >= 11 is 0. The van der Waals surface area contributed by atoms with E-state index < -0.39 is 6.04 Å². The maximum atomic E-state index is 13.1. The molecule has 196 valence electrons. The highest BCUT2D eigenvalue weighted by atomic mass is 16.5. The van der Waals surface area contributed by atoms with Gasteiger partial charge in [-0.25, -0.2) is 0 Å². The first-order valence-electron chi connectivity index (χ1n) is 12.7. The van der Waals surface area contributed by atoms with Gasteiger partial charge in [-0.05, 0) is 55.5 Å². The molecule has 3 rings (SSSR count). The number of carbonyl (C=O) groups excluding carboxylic acids is 2. The zero-order valence-electron chi connectivity index (χ0n) is 21.9. The quantitative estimate of drug-likeness (QED) is 0.422. The highest BCUT2D eigenvalue weighted by Crippen LogP contribution is 2.40. The molecule has 1 atom stereocenters. The predicted octanol–water partition coefficient (Wildman–Crippen LogP) is 4.56. The molecular formula is C28H39N3O5. The van der Waals surface area contributed by atoms with Gasteiger partial charge < -0.3 is 29.7 Å². The van der Waals surface area contributed by atoms with Crippen molar-refractivity contribution >= 4 is 23.2 Å². The van der Waals surface area contributed by atoms with Crippen LogP contribution in [0, 0.1) is 0 Å². The number of anilines is 2. The Morgan fingerprint density at radius 3 is 2.42 bits per heavy atom. The zero-order valence-corrected chi connectivity index (χ0v) is 21.9. The summed E-state index contributed by atoms with van der Waals surface area (Å²) in [6, 6.07) is 11.0. The van der Waals surface area contributed by atoms with Crippen molar-refractivity contribution in [1.82, 2.24) is 5.32 Å². The second kappa shape index (κ2) is 13.6. The summed E-state index contributed by atoms with van der Waals surface area (Å²) in [5, 5.41) is 5.95. The molecule has 2 aromatic carbocycles. The maximum Gasteiger partial charge on any atom is 0.246 e. The molecule has 0 radical (unpaired) electrons. The molecule has 1 unspecified atom stereocenters. The summed E-state index contributed by atoms with van der Waals surface area (Å²) < 4.78 is 16.3. The fourth-order valence-electron chi connectivity index (χ4n) is 4.54. The van der Waals surface area contributed by atoms with Crippen molar-refractivity contribution < 1.29 is 23.8 Å². The van der Waals surface area contributed by atoms with E-state index in [9.17, 15) is 9.59 Å². The average molecular weight is 498 g/mol. The van der Waals surface area contributed by atoms with Crippen molar-refractivity contribution in [3.63, 3.8) is 0 Å². The van der Waals surface area contributed by atoms with Crippen LogP contribution in [0.4, 0.5) is 11.4 Å². The molecule has 2 aromatic rings. The van der Waals surface area contributed by atoms with Gasteiger partial charge in [-0.2, -0.15) is 0 Å². The first kappa shape index (κ1) is 27.2. The molecule has 8 heteroatoms. The summed E-state index contributed by atoms with van der Waals surface area (Å²) in [6.45, 7) is 4.15. The van der Waals surface area contributed by atoms with Crippen LogP contribution in [-0.4, -0.2) is 52.3 Å². The standard InChI is InChI=1S/C28H39N3O5/c1-5-6-12-23(28(33)29-21-10-9-11-22(19-21)31-17-7-8-18-31)30-25(32)16-14-20-13-15-24(34-2)27(36-4)26(20)35-3/h9-11,13,15,19,23H,5-8,12,14,16-18H2,1-4H3,(H,29,33)(H,30,32). The Bertz CT molecular complexity index is 1020. The summed E-state index contributed by atoms with van der Waals surface area (Å²) in [5.41, 5.74) is 2.69. The van der Waals surface area contributed by atoms with Crippen molar-refractivity contribution in [1.29, 1.82) is 0 Å². The number of methoxy groups -OCH3 is 3. The number of nitrogens with zero attached hydrogens (tertiary/aromatic N) is 1. The molecule has 1 aliphatic rings. The number of benzene rings is 2. The van der Waals surface area contributed by atoms with E-state index in [1.54, 1.807) is 27.4 Å². The Hall–Kier alpha value is -3.42. The number of ether oxygens (including phenoxy) is 3. The summed E-state index contributed by atoms with van der Waals surface area (Å²) in [5.74, 6) is 1.22. The topological polar surface area (TPSA) is 89.1 Å². The number of unbranched alkanes of at least 4 members (excludes halogenated alkanes) is 1. The molecule has 36 heavy (non-hydrogen) atoms. The second-order valence-corrected chi connectivity index (χ2v) is 8.99. The highest BCUT2D eigenvalue weighted by Gasteiger charge is 2.22. The molecule has 0 spiro atoms. The predicted molar refractivity (Wildman–Crippen MR) is 142 cm³/mol. The van der Waals surface area contributed by atoms with Crippen molar-refractivity contribution in [3.8, 4) is 17.2 Å². The van der Waals surface area contributed by atoms with Gasteiger partial charge in [0.05, 0.1) is 21.3 Å². The molecule has 8 nitrogen and oxygen atoms in total.